The lowest BCUT2D eigenvalue weighted by Gasteiger charge is -2.19. The quantitative estimate of drug-likeness (QED) is 0.831. The Morgan fingerprint density at radius 1 is 1.59 bits per heavy atom. The molecule has 1 saturated heterocycles. The standard InChI is InChI=1S/C12H11ClN2O2/c13-8-3-4-10(11(16)6-8)12(17)15-5-1-2-9(15)7-14/h3-4,6,9,16H,1-2,5H2. The molecule has 1 aliphatic rings. The van der Waals surface area contributed by atoms with Gasteiger partial charge in [-0.15, -0.1) is 0 Å². The number of nitrogens with zero attached hydrogens (tertiary/aromatic N) is 2. The number of amides is 1. The summed E-state index contributed by atoms with van der Waals surface area (Å²) in [4.78, 5) is 13.6. The van der Waals surface area contributed by atoms with Gasteiger partial charge < -0.3 is 10.0 Å². The summed E-state index contributed by atoms with van der Waals surface area (Å²) >= 11 is 5.70. The van der Waals surface area contributed by atoms with E-state index in [4.69, 9.17) is 16.9 Å². The van der Waals surface area contributed by atoms with E-state index in [1.807, 2.05) is 0 Å². The number of carbonyl (C=O) groups excluding carboxylic acids is 1. The molecule has 17 heavy (non-hydrogen) atoms. The van der Waals surface area contributed by atoms with Crippen LogP contribution < -0.4 is 0 Å². The molecule has 1 unspecified atom stereocenters. The van der Waals surface area contributed by atoms with Gasteiger partial charge in [0.1, 0.15) is 11.8 Å². The first-order chi connectivity index (χ1) is 8.13. The van der Waals surface area contributed by atoms with Crippen LogP contribution in [0.5, 0.6) is 5.75 Å². The molecule has 1 aromatic carbocycles. The van der Waals surface area contributed by atoms with Gasteiger partial charge in [-0.25, -0.2) is 0 Å². The fraction of sp³-hybridized carbons (Fsp3) is 0.333. The van der Waals surface area contributed by atoms with E-state index in [0.717, 1.165) is 6.42 Å². The van der Waals surface area contributed by atoms with Crippen molar-refractivity contribution in [3.63, 3.8) is 0 Å². The number of halogens is 1. The number of aromatic hydroxyl groups is 1. The first kappa shape index (κ1) is 11.7. The molecule has 1 aliphatic heterocycles. The Balaban J connectivity index is 2.28. The van der Waals surface area contributed by atoms with Crippen LogP contribution in [-0.2, 0) is 0 Å². The van der Waals surface area contributed by atoms with Crippen LogP contribution in [0.2, 0.25) is 5.02 Å². The van der Waals surface area contributed by atoms with Gasteiger partial charge in [0.2, 0.25) is 0 Å². The minimum absolute atomic E-state index is 0.147. The van der Waals surface area contributed by atoms with Crippen LogP contribution in [0.4, 0.5) is 0 Å². The zero-order chi connectivity index (χ0) is 12.4. The van der Waals surface area contributed by atoms with Crippen molar-refractivity contribution in [1.82, 2.24) is 4.90 Å². The van der Waals surface area contributed by atoms with Gasteiger partial charge in [-0.05, 0) is 31.0 Å². The summed E-state index contributed by atoms with van der Waals surface area (Å²) < 4.78 is 0. The average Bonchev–Trinajstić information content (AvgIpc) is 2.76. The van der Waals surface area contributed by atoms with Crippen LogP contribution >= 0.6 is 11.6 Å². The second-order valence-corrected chi connectivity index (χ2v) is 4.38. The Morgan fingerprint density at radius 3 is 3.00 bits per heavy atom. The van der Waals surface area contributed by atoms with Gasteiger partial charge >= 0.3 is 0 Å². The summed E-state index contributed by atoms with van der Waals surface area (Å²) in [6, 6.07) is 6.05. The zero-order valence-electron chi connectivity index (χ0n) is 9.06. The van der Waals surface area contributed by atoms with Crippen molar-refractivity contribution in [3.05, 3.63) is 28.8 Å². The van der Waals surface area contributed by atoms with E-state index in [1.54, 1.807) is 6.07 Å². The highest BCUT2D eigenvalue weighted by molar-refractivity contribution is 6.30. The lowest BCUT2D eigenvalue weighted by molar-refractivity contribution is 0.0762. The van der Waals surface area contributed by atoms with Crippen molar-refractivity contribution >= 4 is 17.5 Å². The largest absolute Gasteiger partial charge is 0.507 e. The highest BCUT2D eigenvalue weighted by Gasteiger charge is 2.30. The van der Waals surface area contributed by atoms with Gasteiger partial charge in [0.25, 0.3) is 5.91 Å². The summed E-state index contributed by atoms with van der Waals surface area (Å²) in [6.07, 6.45) is 1.51. The Bertz CT molecular complexity index is 496. The van der Waals surface area contributed by atoms with Gasteiger partial charge in [-0.1, -0.05) is 11.6 Å². The number of rotatable bonds is 1. The van der Waals surface area contributed by atoms with Crippen molar-refractivity contribution in [2.45, 2.75) is 18.9 Å². The predicted octanol–water partition coefficient (Wildman–Crippen LogP) is 2.17. The third-order valence-electron chi connectivity index (χ3n) is 2.85. The molecule has 88 valence electrons. The molecule has 1 atom stereocenters. The fourth-order valence-corrected chi connectivity index (χ4v) is 2.15. The number of phenolic OH excluding ortho intramolecular Hbond substituents is 1. The first-order valence-electron chi connectivity index (χ1n) is 5.32. The zero-order valence-corrected chi connectivity index (χ0v) is 9.81. The van der Waals surface area contributed by atoms with E-state index in [-0.39, 0.29) is 17.2 Å². The molecule has 0 spiro atoms. The molecule has 0 aromatic heterocycles. The van der Waals surface area contributed by atoms with Crippen LogP contribution in [0, 0.1) is 11.3 Å². The van der Waals surface area contributed by atoms with Crippen molar-refractivity contribution < 1.29 is 9.90 Å². The highest BCUT2D eigenvalue weighted by atomic mass is 35.5. The van der Waals surface area contributed by atoms with E-state index in [0.29, 0.717) is 18.0 Å². The van der Waals surface area contributed by atoms with E-state index in [9.17, 15) is 9.90 Å². The molecular weight excluding hydrogens is 240 g/mol. The van der Waals surface area contributed by atoms with Gasteiger partial charge in [0.15, 0.2) is 0 Å². The van der Waals surface area contributed by atoms with Crippen LogP contribution in [0.3, 0.4) is 0 Å². The highest BCUT2D eigenvalue weighted by Crippen LogP contribution is 2.26. The van der Waals surface area contributed by atoms with Crippen molar-refractivity contribution in [3.8, 4) is 11.8 Å². The molecule has 1 aromatic rings. The van der Waals surface area contributed by atoms with Crippen molar-refractivity contribution in [2.75, 3.05) is 6.54 Å². The minimum Gasteiger partial charge on any atom is -0.507 e. The monoisotopic (exact) mass is 250 g/mol. The summed E-state index contributed by atoms with van der Waals surface area (Å²) in [7, 11) is 0. The van der Waals surface area contributed by atoms with Crippen molar-refractivity contribution in [1.29, 1.82) is 5.26 Å². The topological polar surface area (TPSA) is 64.3 Å². The number of nitriles is 1. The Kier molecular flexibility index (Phi) is 3.21. The fourth-order valence-electron chi connectivity index (χ4n) is 1.98. The first-order valence-corrected chi connectivity index (χ1v) is 5.70. The van der Waals surface area contributed by atoms with Gasteiger partial charge in [-0.2, -0.15) is 5.26 Å². The number of benzene rings is 1. The number of carbonyl (C=O) groups is 1. The van der Waals surface area contributed by atoms with Crippen molar-refractivity contribution in [2.24, 2.45) is 0 Å². The maximum atomic E-state index is 12.1. The summed E-state index contributed by atoms with van der Waals surface area (Å²) in [5.41, 5.74) is 0.191. The van der Waals surface area contributed by atoms with Crippen LogP contribution in [-0.4, -0.2) is 28.5 Å². The Morgan fingerprint density at radius 2 is 2.35 bits per heavy atom. The molecule has 4 nitrogen and oxygen atoms in total. The predicted molar refractivity (Wildman–Crippen MR) is 62.8 cm³/mol. The Hall–Kier alpha value is -1.73. The molecular formula is C12H11ClN2O2. The third kappa shape index (κ3) is 2.20. The maximum Gasteiger partial charge on any atom is 0.258 e. The second-order valence-electron chi connectivity index (χ2n) is 3.95. The number of hydrogen-bond acceptors (Lipinski definition) is 3. The van der Waals surface area contributed by atoms with E-state index in [2.05, 4.69) is 6.07 Å². The molecule has 1 heterocycles. The molecule has 2 rings (SSSR count). The molecule has 1 N–H and O–H groups in total. The molecule has 0 saturated carbocycles. The minimum atomic E-state index is -0.391. The van der Waals surface area contributed by atoms with Gasteiger partial charge in [-0.3, -0.25) is 4.79 Å². The van der Waals surface area contributed by atoms with Crippen LogP contribution in [0.1, 0.15) is 23.2 Å². The molecule has 1 fully saturated rings. The molecule has 1 amide bonds. The second kappa shape index (κ2) is 4.64. The Labute approximate surface area is 104 Å². The molecule has 0 aliphatic carbocycles. The molecule has 0 radical (unpaired) electrons. The number of hydrogen-bond donors (Lipinski definition) is 1. The molecule has 5 heteroatoms. The SMILES string of the molecule is N#CC1CCCN1C(=O)c1ccc(Cl)cc1O. The van der Waals surface area contributed by atoms with Gasteiger partial charge in [0.05, 0.1) is 11.6 Å². The van der Waals surface area contributed by atoms with E-state index >= 15 is 0 Å². The van der Waals surface area contributed by atoms with E-state index in [1.165, 1.54) is 17.0 Å². The van der Waals surface area contributed by atoms with E-state index < -0.39 is 6.04 Å². The summed E-state index contributed by atoms with van der Waals surface area (Å²) in [6.45, 7) is 0.555. The summed E-state index contributed by atoms with van der Waals surface area (Å²) in [5, 5.41) is 19.0. The van der Waals surface area contributed by atoms with Crippen LogP contribution in [0.25, 0.3) is 0 Å². The average molecular weight is 251 g/mol. The smallest absolute Gasteiger partial charge is 0.258 e. The lowest BCUT2D eigenvalue weighted by Crippen LogP contribution is -2.34. The van der Waals surface area contributed by atoms with Gasteiger partial charge in [0, 0.05) is 11.6 Å². The van der Waals surface area contributed by atoms with Crippen LogP contribution in [0.15, 0.2) is 18.2 Å². The lowest BCUT2D eigenvalue weighted by atomic mass is 10.1. The maximum absolute atomic E-state index is 12.1. The molecule has 0 bridgehead atoms. The number of phenols is 1. The normalized spacial score (nSPS) is 19.1. The third-order valence-corrected chi connectivity index (χ3v) is 3.09. The summed E-state index contributed by atoms with van der Waals surface area (Å²) in [5.74, 6) is -0.464. The number of likely N-dealkylation sites (tertiary alicyclic amines) is 1.